The Bertz CT molecular complexity index is 54.5. The van der Waals surface area contributed by atoms with E-state index in [4.69, 9.17) is 0 Å². The molecule has 8 heavy (non-hydrogen) atoms. The number of allylic oxidation sites excluding steroid dienone is 1. The fourth-order valence-electron chi connectivity index (χ4n) is 0.348. The monoisotopic (exact) mass is 188 g/mol. The summed E-state index contributed by atoms with van der Waals surface area (Å²) in [6, 6.07) is 0. The van der Waals surface area contributed by atoms with Crippen molar-refractivity contribution in [1.29, 1.82) is 0 Å². The second kappa shape index (κ2) is 7.99. The van der Waals surface area contributed by atoms with Crippen LogP contribution in [0.15, 0.2) is 12.7 Å². The summed E-state index contributed by atoms with van der Waals surface area (Å²) in [5, 5.41) is 0. The highest BCUT2D eigenvalue weighted by atomic mass is 79.9. The van der Waals surface area contributed by atoms with Crippen molar-refractivity contribution < 1.29 is 0 Å². The highest BCUT2D eigenvalue weighted by Gasteiger charge is 1.93. The topological polar surface area (TPSA) is 0 Å². The first-order valence-corrected chi connectivity index (χ1v) is 3.47. The summed E-state index contributed by atoms with van der Waals surface area (Å²) in [6.07, 6.45) is 4.20. The summed E-state index contributed by atoms with van der Waals surface area (Å²) in [7, 11) is 0. The summed E-state index contributed by atoms with van der Waals surface area (Å²) in [5.74, 6) is 0. The molecule has 0 saturated carbocycles. The lowest BCUT2D eigenvalue weighted by Crippen LogP contribution is -1.89. The van der Waals surface area contributed by atoms with Crippen molar-refractivity contribution in [2.24, 2.45) is 0 Å². The molecule has 0 aromatic rings. The minimum absolute atomic E-state index is 0. The Morgan fingerprint density at radius 2 is 2.25 bits per heavy atom. The third kappa shape index (κ3) is 6.99. The van der Waals surface area contributed by atoms with Crippen molar-refractivity contribution in [3.63, 3.8) is 0 Å². The van der Waals surface area contributed by atoms with E-state index in [-0.39, 0.29) is 23.1 Å². The van der Waals surface area contributed by atoms with Crippen LogP contribution in [0.4, 0.5) is 0 Å². The number of rotatable bonds is 3. The first-order valence-electron chi connectivity index (χ1n) is 2.56. The zero-order valence-electron chi connectivity index (χ0n) is 4.65. The lowest BCUT2D eigenvalue weighted by molar-refractivity contribution is 0.852. The molecule has 0 aliphatic heterocycles. The van der Waals surface area contributed by atoms with Gasteiger partial charge in [0.15, 0.2) is 0 Å². The molecule has 2 heteroatoms. The summed E-state index contributed by atoms with van der Waals surface area (Å²) < 4.78 is 0. The molecule has 0 saturated heterocycles. The van der Waals surface area contributed by atoms with Crippen LogP contribution in [0.25, 0.3) is 0 Å². The fraction of sp³-hybridized carbons (Fsp3) is 0.667. The second-order valence-corrected chi connectivity index (χ2v) is 2.82. The van der Waals surface area contributed by atoms with E-state index in [9.17, 15) is 0 Å². The van der Waals surface area contributed by atoms with Crippen LogP contribution >= 0.6 is 15.9 Å². The van der Waals surface area contributed by atoms with Gasteiger partial charge in [-0.25, -0.2) is 0 Å². The molecule has 0 N–H and O–H groups in total. The van der Waals surface area contributed by atoms with Crippen LogP contribution in [0.2, 0.25) is 0 Å². The molecule has 1 unspecified atom stereocenters. The predicted octanol–water partition coefficient (Wildman–Crippen LogP) is 1.82. The minimum Gasteiger partial charge on any atom is -0.103 e. The maximum absolute atomic E-state index is 3.62. The van der Waals surface area contributed by atoms with Crippen LogP contribution in [0.5, 0.6) is 0 Å². The van der Waals surface area contributed by atoms with Crippen LogP contribution < -0.4 is 0 Å². The van der Waals surface area contributed by atoms with Gasteiger partial charge in [-0.2, -0.15) is 0 Å². The highest BCUT2D eigenvalue weighted by Crippen LogP contribution is 2.08. The van der Waals surface area contributed by atoms with Gasteiger partial charge in [0.2, 0.25) is 0 Å². The first-order chi connectivity index (χ1) is 3.31. The molecule has 0 bridgehead atoms. The van der Waals surface area contributed by atoms with E-state index < -0.39 is 0 Å². The van der Waals surface area contributed by atoms with Crippen molar-refractivity contribution in [2.45, 2.75) is 24.6 Å². The Labute approximate surface area is 76.0 Å². The molecular weight excluding hydrogens is 176 g/mol. The molecule has 0 spiro atoms. The predicted molar refractivity (Wildman–Crippen MR) is 46.4 cm³/mol. The molecule has 0 nitrogen and oxygen atoms in total. The molecule has 0 rings (SSSR count). The largest absolute Gasteiger partial charge is 0.316 e. The van der Waals surface area contributed by atoms with Crippen molar-refractivity contribution in [2.75, 3.05) is 0 Å². The smallest absolute Gasteiger partial charge is 0.103 e. The Morgan fingerprint density at radius 1 is 1.75 bits per heavy atom. The average molecular weight is 189 g/mol. The van der Waals surface area contributed by atoms with E-state index >= 15 is 0 Å². The van der Waals surface area contributed by atoms with Gasteiger partial charge in [-0.3, -0.25) is 0 Å². The average Bonchev–Trinajstić information content (AvgIpc) is 1.68. The van der Waals surface area contributed by atoms with E-state index in [0.717, 1.165) is 6.42 Å². The van der Waals surface area contributed by atoms with E-state index in [0.29, 0.717) is 4.83 Å². The van der Waals surface area contributed by atoms with Crippen LogP contribution in [-0.2, 0) is 0 Å². The molecule has 0 heterocycles. The number of hydrogen-bond acceptors (Lipinski definition) is 0. The van der Waals surface area contributed by atoms with E-state index in [1.54, 1.807) is 0 Å². The lowest BCUT2D eigenvalue weighted by atomic mass is 10.2. The van der Waals surface area contributed by atoms with Crippen LogP contribution in [0.1, 0.15) is 19.8 Å². The third-order valence-electron chi connectivity index (χ3n) is 0.865. The normalized spacial score (nSPS) is 11.8. The van der Waals surface area contributed by atoms with Crippen LogP contribution in [0, 0.1) is 0 Å². The van der Waals surface area contributed by atoms with Gasteiger partial charge in [0.25, 0.3) is 0 Å². The molecule has 0 aromatic carbocycles. The number of halogens is 1. The fourth-order valence-corrected chi connectivity index (χ4v) is 0.612. The molecule has 0 aliphatic carbocycles. The molecule has 0 amide bonds. The zero-order valence-corrected chi connectivity index (χ0v) is 6.24. The highest BCUT2D eigenvalue weighted by molar-refractivity contribution is 9.09. The Kier molecular flexibility index (Phi) is 11.7. The molecular formula is C6H13BrMg. The molecule has 0 radical (unpaired) electrons. The molecule has 46 valence electrons. The van der Waals surface area contributed by atoms with Crippen LogP contribution in [-0.4, -0.2) is 27.9 Å². The van der Waals surface area contributed by atoms with Gasteiger partial charge < -0.3 is 0 Å². The van der Waals surface area contributed by atoms with Crippen molar-refractivity contribution in [3.05, 3.63) is 12.7 Å². The maximum Gasteiger partial charge on any atom is 0.316 e. The number of hydrogen-bond donors (Lipinski definition) is 0. The SMILES string of the molecule is C=CCC(Br)CC.[MgH2]. The molecule has 0 fully saturated rings. The first kappa shape index (κ1) is 11.7. The second-order valence-electron chi connectivity index (χ2n) is 1.53. The zero-order chi connectivity index (χ0) is 5.70. The van der Waals surface area contributed by atoms with Crippen molar-refractivity contribution in [3.8, 4) is 0 Å². The Hall–Kier alpha value is 0.986. The van der Waals surface area contributed by atoms with Gasteiger partial charge in [-0.05, 0) is 12.8 Å². The van der Waals surface area contributed by atoms with E-state index in [2.05, 4.69) is 29.4 Å². The molecule has 0 aromatic heterocycles. The van der Waals surface area contributed by atoms with E-state index in [1.165, 1.54) is 6.42 Å². The maximum atomic E-state index is 3.62. The van der Waals surface area contributed by atoms with Gasteiger partial charge >= 0.3 is 23.1 Å². The van der Waals surface area contributed by atoms with Crippen LogP contribution in [0.3, 0.4) is 0 Å². The Balaban J connectivity index is 0. The van der Waals surface area contributed by atoms with E-state index in [1.807, 2.05) is 6.08 Å². The van der Waals surface area contributed by atoms with Crippen molar-refractivity contribution >= 4 is 39.0 Å². The third-order valence-corrected chi connectivity index (χ3v) is 1.89. The van der Waals surface area contributed by atoms with Gasteiger partial charge in [0.05, 0.1) is 0 Å². The van der Waals surface area contributed by atoms with Gasteiger partial charge in [0.1, 0.15) is 0 Å². The summed E-state index contributed by atoms with van der Waals surface area (Å²) >= 11 is 3.47. The summed E-state index contributed by atoms with van der Waals surface area (Å²) in [5.41, 5.74) is 0. The lowest BCUT2D eigenvalue weighted by Gasteiger charge is -1.97. The standard InChI is InChI=1S/C6H11Br.Mg.2H/c1-3-5-6(7)4-2;;;/h3,6H,1,4-5H2,2H3;;;. The van der Waals surface area contributed by atoms with Gasteiger partial charge in [0, 0.05) is 4.83 Å². The minimum atomic E-state index is 0. The number of alkyl halides is 1. The Morgan fingerprint density at radius 3 is 2.38 bits per heavy atom. The summed E-state index contributed by atoms with van der Waals surface area (Å²) in [6.45, 7) is 5.77. The van der Waals surface area contributed by atoms with Gasteiger partial charge in [-0.1, -0.05) is 28.9 Å². The van der Waals surface area contributed by atoms with Gasteiger partial charge in [-0.15, -0.1) is 6.58 Å². The molecule has 1 atom stereocenters. The quantitative estimate of drug-likeness (QED) is 0.361. The molecule has 0 aliphatic rings. The van der Waals surface area contributed by atoms with Crippen molar-refractivity contribution in [1.82, 2.24) is 0 Å². The summed E-state index contributed by atoms with van der Waals surface area (Å²) in [4.78, 5) is 0.644.